The van der Waals surface area contributed by atoms with Crippen molar-refractivity contribution in [1.29, 1.82) is 0 Å². The van der Waals surface area contributed by atoms with Crippen molar-refractivity contribution in [2.75, 3.05) is 32.8 Å². The topological polar surface area (TPSA) is 38.5 Å². The molecule has 1 aliphatic heterocycles. The Bertz CT molecular complexity index is 259. The average Bonchev–Trinajstić information content (AvgIpc) is 2.39. The van der Waals surface area contributed by atoms with Gasteiger partial charge < -0.3 is 10.5 Å². The van der Waals surface area contributed by atoms with Crippen LogP contribution in [-0.4, -0.2) is 43.8 Å². The monoisotopic (exact) mass is 254 g/mol. The Balaban J connectivity index is 1.92. The zero-order valence-electron chi connectivity index (χ0n) is 12.2. The minimum Gasteiger partial charge on any atom is -0.376 e. The lowest BCUT2D eigenvalue weighted by molar-refractivity contribution is -0.0475. The van der Waals surface area contributed by atoms with Gasteiger partial charge in [0.25, 0.3) is 0 Å². The van der Waals surface area contributed by atoms with Gasteiger partial charge in [-0.1, -0.05) is 26.7 Å². The second kappa shape index (κ2) is 6.36. The fourth-order valence-electron chi connectivity index (χ4n) is 3.81. The molecule has 18 heavy (non-hydrogen) atoms. The first-order valence-electron chi connectivity index (χ1n) is 7.71. The van der Waals surface area contributed by atoms with E-state index in [1.165, 1.54) is 32.2 Å². The molecule has 1 saturated carbocycles. The van der Waals surface area contributed by atoms with Crippen molar-refractivity contribution in [1.82, 2.24) is 4.90 Å². The third-order valence-corrected chi connectivity index (χ3v) is 4.86. The molecule has 3 atom stereocenters. The van der Waals surface area contributed by atoms with Crippen molar-refractivity contribution in [3.05, 3.63) is 0 Å². The largest absolute Gasteiger partial charge is 0.376 e. The SMILES string of the molecule is CCC1CN(CC2(CN)CCCC(C)C2)CCO1. The smallest absolute Gasteiger partial charge is 0.0700 e. The highest BCUT2D eigenvalue weighted by Gasteiger charge is 2.36. The van der Waals surface area contributed by atoms with E-state index in [0.717, 1.165) is 38.6 Å². The van der Waals surface area contributed by atoms with Crippen LogP contribution in [0.5, 0.6) is 0 Å². The standard InChI is InChI=1S/C15H30N2O/c1-3-14-10-17(7-8-18-14)12-15(11-16)6-4-5-13(2)9-15/h13-14H,3-12,16H2,1-2H3. The van der Waals surface area contributed by atoms with Crippen molar-refractivity contribution in [3.63, 3.8) is 0 Å². The van der Waals surface area contributed by atoms with E-state index in [0.29, 0.717) is 11.5 Å². The first-order valence-corrected chi connectivity index (χ1v) is 7.71. The van der Waals surface area contributed by atoms with Crippen LogP contribution in [0.1, 0.15) is 46.0 Å². The number of hydrogen-bond donors (Lipinski definition) is 1. The minimum absolute atomic E-state index is 0.382. The van der Waals surface area contributed by atoms with Crippen molar-refractivity contribution < 1.29 is 4.74 Å². The molecule has 1 heterocycles. The van der Waals surface area contributed by atoms with Crippen molar-refractivity contribution in [2.24, 2.45) is 17.1 Å². The van der Waals surface area contributed by atoms with Gasteiger partial charge in [-0.3, -0.25) is 4.90 Å². The molecule has 3 unspecified atom stereocenters. The Morgan fingerprint density at radius 1 is 1.44 bits per heavy atom. The second-order valence-electron chi connectivity index (χ2n) is 6.54. The molecular formula is C15H30N2O. The van der Waals surface area contributed by atoms with Gasteiger partial charge in [0.05, 0.1) is 12.7 Å². The third-order valence-electron chi connectivity index (χ3n) is 4.86. The molecule has 0 radical (unpaired) electrons. The van der Waals surface area contributed by atoms with Gasteiger partial charge >= 0.3 is 0 Å². The second-order valence-corrected chi connectivity index (χ2v) is 6.54. The number of nitrogens with zero attached hydrogens (tertiary/aromatic N) is 1. The molecule has 0 aromatic heterocycles. The van der Waals surface area contributed by atoms with Crippen LogP contribution in [0.3, 0.4) is 0 Å². The summed E-state index contributed by atoms with van der Waals surface area (Å²) < 4.78 is 5.76. The maximum Gasteiger partial charge on any atom is 0.0700 e. The van der Waals surface area contributed by atoms with Crippen LogP contribution in [-0.2, 0) is 4.74 Å². The molecule has 3 heteroatoms. The number of rotatable bonds is 4. The summed E-state index contributed by atoms with van der Waals surface area (Å²) in [4.78, 5) is 2.60. The lowest BCUT2D eigenvalue weighted by Gasteiger charge is -2.44. The fourth-order valence-corrected chi connectivity index (χ4v) is 3.81. The van der Waals surface area contributed by atoms with Crippen LogP contribution in [0.25, 0.3) is 0 Å². The Kier molecular flexibility index (Phi) is 5.05. The Morgan fingerprint density at radius 3 is 2.94 bits per heavy atom. The van der Waals surface area contributed by atoms with Crippen LogP contribution in [0, 0.1) is 11.3 Å². The zero-order valence-corrected chi connectivity index (χ0v) is 12.2. The number of ether oxygens (including phenoxy) is 1. The number of morpholine rings is 1. The molecule has 0 spiro atoms. The summed E-state index contributed by atoms with van der Waals surface area (Å²) in [5.74, 6) is 0.852. The Labute approximate surface area is 112 Å². The van der Waals surface area contributed by atoms with Crippen LogP contribution in [0.4, 0.5) is 0 Å². The molecule has 1 saturated heterocycles. The Hall–Kier alpha value is -0.120. The van der Waals surface area contributed by atoms with E-state index >= 15 is 0 Å². The fraction of sp³-hybridized carbons (Fsp3) is 1.00. The normalized spacial score (nSPS) is 38.8. The van der Waals surface area contributed by atoms with Crippen LogP contribution in [0.2, 0.25) is 0 Å². The summed E-state index contributed by atoms with van der Waals surface area (Å²) in [5.41, 5.74) is 6.51. The van der Waals surface area contributed by atoms with Crippen LogP contribution in [0.15, 0.2) is 0 Å². The average molecular weight is 254 g/mol. The molecule has 0 bridgehead atoms. The molecule has 2 rings (SSSR count). The Morgan fingerprint density at radius 2 is 2.28 bits per heavy atom. The quantitative estimate of drug-likeness (QED) is 0.836. The molecule has 3 nitrogen and oxygen atoms in total. The van der Waals surface area contributed by atoms with Gasteiger partial charge in [-0.05, 0) is 37.1 Å². The molecule has 0 amide bonds. The zero-order chi connectivity index (χ0) is 13.0. The summed E-state index contributed by atoms with van der Waals surface area (Å²) in [6, 6.07) is 0. The highest BCUT2D eigenvalue weighted by Crippen LogP contribution is 2.39. The first-order chi connectivity index (χ1) is 8.67. The third kappa shape index (κ3) is 3.46. The molecule has 0 aromatic rings. The van der Waals surface area contributed by atoms with Gasteiger partial charge in [0.15, 0.2) is 0 Å². The van der Waals surface area contributed by atoms with Gasteiger partial charge in [0.1, 0.15) is 0 Å². The van der Waals surface area contributed by atoms with Crippen molar-refractivity contribution in [3.8, 4) is 0 Å². The maximum absolute atomic E-state index is 6.13. The molecule has 0 aromatic carbocycles. The molecule has 1 aliphatic carbocycles. The predicted molar refractivity (Wildman–Crippen MR) is 75.6 cm³/mol. The van der Waals surface area contributed by atoms with E-state index in [1.54, 1.807) is 0 Å². The van der Waals surface area contributed by atoms with Gasteiger partial charge in [0, 0.05) is 19.6 Å². The highest BCUT2D eigenvalue weighted by molar-refractivity contribution is 4.90. The van der Waals surface area contributed by atoms with E-state index in [9.17, 15) is 0 Å². The summed E-state index contributed by atoms with van der Waals surface area (Å²) in [6.07, 6.45) is 6.96. The van der Waals surface area contributed by atoms with E-state index < -0.39 is 0 Å². The maximum atomic E-state index is 6.13. The van der Waals surface area contributed by atoms with Gasteiger partial charge in [-0.2, -0.15) is 0 Å². The molecule has 106 valence electrons. The van der Waals surface area contributed by atoms with Crippen LogP contribution < -0.4 is 5.73 Å². The van der Waals surface area contributed by atoms with Gasteiger partial charge in [-0.25, -0.2) is 0 Å². The van der Waals surface area contributed by atoms with E-state index in [-0.39, 0.29) is 0 Å². The minimum atomic E-state index is 0.382. The molecule has 2 aliphatic rings. The summed E-state index contributed by atoms with van der Waals surface area (Å²) in [6.45, 7) is 9.74. The molecule has 2 fully saturated rings. The predicted octanol–water partition coefficient (Wildman–Crippen LogP) is 2.25. The van der Waals surface area contributed by atoms with Crippen molar-refractivity contribution in [2.45, 2.75) is 52.1 Å². The number of hydrogen-bond acceptors (Lipinski definition) is 3. The molecular weight excluding hydrogens is 224 g/mol. The lowest BCUT2D eigenvalue weighted by atomic mass is 9.69. The lowest BCUT2D eigenvalue weighted by Crippen LogP contribution is -2.50. The van der Waals surface area contributed by atoms with Gasteiger partial charge in [0.2, 0.25) is 0 Å². The number of nitrogens with two attached hydrogens (primary N) is 1. The van der Waals surface area contributed by atoms with E-state index in [4.69, 9.17) is 10.5 Å². The highest BCUT2D eigenvalue weighted by atomic mass is 16.5. The van der Waals surface area contributed by atoms with Gasteiger partial charge in [-0.15, -0.1) is 0 Å². The van der Waals surface area contributed by atoms with Crippen LogP contribution >= 0.6 is 0 Å². The summed E-state index contributed by atoms with van der Waals surface area (Å²) in [5, 5.41) is 0. The van der Waals surface area contributed by atoms with Crippen molar-refractivity contribution >= 4 is 0 Å². The van der Waals surface area contributed by atoms with E-state index in [1.807, 2.05) is 0 Å². The first kappa shape index (κ1) is 14.3. The summed E-state index contributed by atoms with van der Waals surface area (Å²) in [7, 11) is 0. The van der Waals surface area contributed by atoms with E-state index in [2.05, 4.69) is 18.7 Å². The molecule has 2 N–H and O–H groups in total. The summed E-state index contributed by atoms with van der Waals surface area (Å²) >= 11 is 0.